The van der Waals surface area contributed by atoms with Crippen LogP contribution < -0.4 is 16.0 Å². The second-order valence-corrected chi connectivity index (χ2v) is 10.1. The van der Waals surface area contributed by atoms with Crippen LogP contribution in [0.3, 0.4) is 0 Å². The van der Waals surface area contributed by atoms with Gasteiger partial charge in [0, 0.05) is 12.5 Å². The fraction of sp³-hybridized carbons (Fsp3) is 0.481. The van der Waals surface area contributed by atoms with Crippen molar-refractivity contribution in [2.45, 2.75) is 65.5 Å². The summed E-state index contributed by atoms with van der Waals surface area (Å²) in [4.78, 5) is 37.5. The number of carbonyl (C=O) groups is 3. The molecular formula is C27H36N4O4. The third-order valence-electron chi connectivity index (χ3n) is 5.75. The number of rotatable bonds is 9. The Kier molecular flexibility index (Phi) is 10.1. The number of amides is 3. The summed E-state index contributed by atoms with van der Waals surface area (Å²) >= 11 is 0. The molecule has 0 spiro atoms. The van der Waals surface area contributed by atoms with Crippen LogP contribution in [-0.2, 0) is 14.3 Å². The summed E-state index contributed by atoms with van der Waals surface area (Å²) in [7, 11) is 0. The Morgan fingerprint density at radius 3 is 2.66 bits per heavy atom. The lowest BCUT2D eigenvalue weighted by atomic mass is 9.87. The van der Waals surface area contributed by atoms with Crippen LogP contribution in [-0.4, -0.2) is 36.5 Å². The molecule has 0 radical (unpaired) electrons. The highest BCUT2D eigenvalue weighted by Gasteiger charge is 2.31. The van der Waals surface area contributed by atoms with E-state index in [1.165, 1.54) is 6.26 Å². The zero-order valence-corrected chi connectivity index (χ0v) is 21.0. The average Bonchev–Trinajstić information content (AvgIpc) is 2.78. The number of benzene rings is 1. The van der Waals surface area contributed by atoms with Crippen LogP contribution in [0.4, 0.5) is 4.79 Å². The van der Waals surface area contributed by atoms with Crippen LogP contribution in [0.1, 0.15) is 57.6 Å². The Balaban J connectivity index is 1.99. The van der Waals surface area contributed by atoms with E-state index in [2.05, 4.69) is 28.6 Å². The summed E-state index contributed by atoms with van der Waals surface area (Å²) in [5.41, 5.74) is 2.39. The van der Waals surface area contributed by atoms with E-state index in [1.54, 1.807) is 6.08 Å². The van der Waals surface area contributed by atoms with Crippen molar-refractivity contribution >= 4 is 23.5 Å². The molecular weight excluding hydrogens is 444 g/mol. The van der Waals surface area contributed by atoms with Crippen molar-refractivity contribution in [3.63, 3.8) is 0 Å². The summed E-state index contributed by atoms with van der Waals surface area (Å²) in [5, 5.41) is 17.6. The first-order valence-corrected chi connectivity index (χ1v) is 11.9. The Bertz CT molecular complexity index is 1000. The van der Waals surface area contributed by atoms with Crippen molar-refractivity contribution in [2.24, 2.45) is 11.3 Å². The summed E-state index contributed by atoms with van der Waals surface area (Å²) in [6, 6.07) is 8.04. The van der Waals surface area contributed by atoms with Gasteiger partial charge in [-0.05, 0) is 60.8 Å². The highest BCUT2D eigenvalue weighted by atomic mass is 16.5. The first kappa shape index (κ1) is 27.6. The van der Waals surface area contributed by atoms with Gasteiger partial charge in [0.25, 0.3) is 0 Å². The first-order chi connectivity index (χ1) is 16.5. The van der Waals surface area contributed by atoms with Gasteiger partial charge in [-0.2, -0.15) is 5.26 Å². The van der Waals surface area contributed by atoms with E-state index in [-0.39, 0.29) is 23.7 Å². The SMILES string of the molecule is C=C(/C=C\OC(=O)N[C@@H](CC(C)(C)C)C(=O)N[C@H](C#N)C[C@@H]1CCCNC1=O)c1ccccc1C. The third-order valence-corrected chi connectivity index (χ3v) is 5.75. The lowest BCUT2D eigenvalue weighted by Gasteiger charge is -2.28. The van der Waals surface area contributed by atoms with Crippen molar-refractivity contribution in [1.82, 2.24) is 16.0 Å². The van der Waals surface area contributed by atoms with Crippen molar-refractivity contribution < 1.29 is 19.1 Å². The number of allylic oxidation sites excluding steroid dienone is 2. The molecule has 1 heterocycles. The Labute approximate surface area is 207 Å². The summed E-state index contributed by atoms with van der Waals surface area (Å²) in [6.45, 7) is 12.4. The summed E-state index contributed by atoms with van der Waals surface area (Å²) in [6.07, 6.45) is 4.10. The molecule has 8 heteroatoms. The van der Waals surface area contributed by atoms with Gasteiger partial charge in [-0.15, -0.1) is 0 Å². The van der Waals surface area contributed by atoms with E-state index in [0.717, 1.165) is 17.5 Å². The molecule has 1 aromatic rings. The fourth-order valence-electron chi connectivity index (χ4n) is 3.96. The van der Waals surface area contributed by atoms with Crippen LogP contribution in [0.25, 0.3) is 5.57 Å². The van der Waals surface area contributed by atoms with Crippen molar-refractivity contribution in [1.29, 1.82) is 5.26 Å². The molecule has 1 fully saturated rings. The molecule has 1 aliphatic rings. The van der Waals surface area contributed by atoms with Gasteiger partial charge >= 0.3 is 6.09 Å². The topological polar surface area (TPSA) is 120 Å². The molecule has 0 aromatic heterocycles. The standard InChI is InChI=1S/C27H36N4O4/c1-18-9-6-7-11-22(18)19(2)12-14-35-26(34)31-23(16-27(3,4)5)25(33)30-21(17-28)15-20-10-8-13-29-24(20)32/h6-7,9,11-12,14,20-21,23H,2,8,10,13,15-16H2,1,3-5H3,(H,29,32)(H,30,33)(H,31,34)/b14-12-/t20-,21-,23-/m0/s1. The minimum Gasteiger partial charge on any atom is -0.418 e. The number of hydrogen-bond acceptors (Lipinski definition) is 5. The quantitative estimate of drug-likeness (QED) is 0.365. The zero-order valence-electron chi connectivity index (χ0n) is 21.0. The van der Waals surface area contributed by atoms with E-state index < -0.39 is 24.1 Å². The van der Waals surface area contributed by atoms with E-state index in [9.17, 15) is 19.6 Å². The van der Waals surface area contributed by atoms with Gasteiger partial charge in [0.05, 0.1) is 12.3 Å². The van der Waals surface area contributed by atoms with Gasteiger partial charge in [0.15, 0.2) is 0 Å². The number of nitrogens with one attached hydrogen (secondary N) is 3. The summed E-state index contributed by atoms with van der Waals surface area (Å²) < 4.78 is 5.15. The van der Waals surface area contributed by atoms with Gasteiger partial charge < -0.3 is 20.7 Å². The van der Waals surface area contributed by atoms with Crippen molar-refractivity contribution in [3.8, 4) is 6.07 Å². The van der Waals surface area contributed by atoms with Crippen LogP contribution >= 0.6 is 0 Å². The highest BCUT2D eigenvalue weighted by Crippen LogP contribution is 2.22. The molecule has 3 atom stereocenters. The number of nitrogens with zero attached hydrogens (tertiary/aromatic N) is 1. The molecule has 0 saturated carbocycles. The van der Waals surface area contributed by atoms with Crippen molar-refractivity contribution in [3.05, 3.63) is 54.3 Å². The maximum atomic E-state index is 13.0. The molecule has 3 amide bonds. The molecule has 1 aliphatic heterocycles. The molecule has 1 aromatic carbocycles. The van der Waals surface area contributed by atoms with Crippen LogP contribution in [0.5, 0.6) is 0 Å². The lowest BCUT2D eigenvalue weighted by molar-refractivity contribution is -0.128. The van der Waals surface area contributed by atoms with Gasteiger partial charge in [0.2, 0.25) is 11.8 Å². The monoisotopic (exact) mass is 480 g/mol. The minimum absolute atomic E-state index is 0.0993. The van der Waals surface area contributed by atoms with Crippen LogP contribution in [0.2, 0.25) is 0 Å². The molecule has 0 unspecified atom stereocenters. The van der Waals surface area contributed by atoms with Crippen LogP contribution in [0.15, 0.2) is 43.2 Å². The molecule has 3 N–H and O–H groups in total. The Morgan fingerprint density at radius 2 is 2.03 bits per heavy atom. The third kappa shape index (κ3) is 9.28. The lowest BCUT2D eigenvalue weighted by Crippen LogP contribution is -2.51. The van der Waals surface area contributed by atoms with E-state index in [0.29, 0.717) is 25.0 Å². The second-order valence-electron chi connectivity index (χ2n) is 10.1. The maximum absolute atomic E-state index is 13.0. The number of carbonyl (C=O) groups excluding carboxylic acids is 3. The van der Waals surface area contributed by atoms with E-state index >= 15 is 0 Å². The minimum atomic E-state index is -0.911. The fourth-order valence-corrected chi connectivity index (χ4v) is 3.96. The first-order valence-electron chi connectivity index (χ1n) is 11.9. The van der Waals surface area contributed by atoms with E-state index in [4.69, 9.17) is 4.74 Å². The smallest absolute Gasteiger partial charge is 0.412 e. The summed E-state index contributed by atoms with van der Waals surface area (Å²) in [5.74, 6) is -0.912. The van der Waals surface area contributed by atoms with E-state index in [1.807, 2.05) is 52.0 Å². The maximum Gasteiger partial charge on any atom is 0.412 e. The van der Waals surface area contributed by atoms with Gasteiger partial charge in [-0.25, -0.2) is 4.79 Å². The Hall–Kier alpha value is -3.60. The van der Waals surface area contributed by atoms with Crippen LogP contribution in [0, 0.1) is 29.6 Å². The predicted molar refractivity (Wildman–Crippen MR) is 135 cm³/mol. The van der Waals surface area contributed by atoms with Gasteiger partial charge in [-0.3, -0.25) is 9.59 Å². The zero-order chi connectivity index (χ0) is 26.0. The molecule has 0 bridgehead atoms. The largest absolute Gasteiger partial charge is 0.418 e. The highest BCUT2D eigenvalue weighted by molar-refractivity contribution is 5.86. The molecule has 2 rings (SSSR count). The normalized spacial score (nSPS) is 17.6. The molecule has 35 heavy (non-hydrogen) atoms. The second kappa shape index (κ2) is 12.7. The predicted octanol–water partition coefficient (Wildman–Crippen LogP) is 3.98. The van der Waals surface area contributed by atoms with Crippen molar-refractivity contribution in [2.75, 3.05) is 6.54 Å². The molecule has 0 aliphatic carbocycles. The number of alkyl carbamates (subject to hydrolysis) is 1. The molecule has 1 saturated heterocycles. The number of hydrogen-bond donors (Lipinski definition) is 3. The number of aryl methyl sites for hydroxylation is 1. The Morgan fingerprint density at radius 1 is 1.31 bits per heavy atom. The number of piperidine rings is 1. The van der Waals surface area contributed by atoms with Gasteiger partial charge in [0.1, 0.15) is 12.1 Å². The molecule has 188 valence electrons. The number of ether oxygens (including phenoxy) is 1. The average molecular weight is 481 g/mol. The number of nitriles is 1. The molecule has 8 nitrogen and oxygen atoms in total. The van der Waals surface area contributed by atoms with Gasteiger partial charge in [-0.1, -0.05) is 51.6 Å².